The molecule has 0 aliphatic carbocycles. The minimum absolute atomic E-state index is 0.0272. The SMILES string of the molecule is CNCc1cc2c(cc1OCCSC(F)(F)F)OCO2. The quantitative estimate of drug-likeness (QED) is 0.818. The molecule has 1 aromatic rings. The Hall–Kier alpha value is -1.28. The first-order valence-corrected chi connectivity index (χ1v) is 6.89. The largest absolute Gasteiger partial charge is 0.492 e. The summed E-state index contributed by atoms with van der Waals surface area (Å²) >= 11 is -0.0991. The van der Waals surface area contributed by atoms with E-state index in [1.54, 1.807) is 19.2 Å². The number of nitrogens with one attached hydrogen (secondary N) is 1. The highest BCUT2D eigenvalue weighted by molar-refractivity contribution is 8.00. The molecule has 1 aromatic carbocycles. The van der Waals surface area contributed by atoms with E-state index in [0.29, 0.717) is 23.8 Å². The zero-order chi connectivity index (χ0) is 14.6. The number of fused-ring (bicyclic) bond motifs is 1. The molecule has 0 aromatic heterocycles. The average Bonchev–Trinajstić information content (AvgIpc) is 2.81. The molecule has 1 aliphatic rings. The molecule has 0 saturated heterocycles. The number of benzene rings is 1. The second-order valence-corrected chi connectivity index (χ2v) is 5.15. The lowest BCUT2D eigenvalue weighted by molar-refractivity contribution is -0.0329. The first-order valence-electron chi connectivity index (χ1n) is 5.90. The van der Waals surface area contributed by atoms with Gasteiger partial charge in [-0.2, -0.15) is 13.2 Å². The molecular weight excluding hydrogens is 295 g/mol. The summed E-state index contributed by atoms with van der Waals surface area (Å²) in [5.74, 6) is 1.51. The Morgan fingerprint density at radius 1 is 1.30 bits per heavy atom. The Balaban J connectivity index is 1.99. The lowest BCUT2D eigenvalue weighted by Gasteiger charge is -2.13. The van der Waals surface area contributed by atoms with Crippen molar-refractivity contribution < 1.29 is 27.4 Å². The third-order valence-corrected chi connectivity index (χ3v) is 3.23. The molecule has 0 amide bonds. The van der Waals surface area contributed by atoms with Crippen LogP contribution in [0, 0.1) is 0 Å². The maximum absolute atomic E-state index is 12.0. The van der Waals surface area contributed by atoms with Crippen molar-refractivity contribution in [2.75, 3.05) is 26.2 Å². The van der Waals surface area contributed by atoms with Gasteiger partial charge in [0.2, 0.25) is 6.79 Å². The van der Waals surface area contributed by atoms with E-state index in [-0.39, 0.29) is 30.9 Å². The number of hydrogen-bond donors (Lipinski definition) is 1. The molecule has 8 heteroatoms. The highest BCUT2D eigenvalue weighted by Gasteiger charge is 2.27. The number of alkyl halides is 3. The van der Waals surface area contributed by atoms with Gasteiger partial charge < -0.3 is 19.5 Å². The van der Waals surface area contributed by atoms with E-state index in [2.05, 4.69) is 5.32 Å². The summed E-state index contributed by atoms with van der Waals surface area (Å²) < 4.78 is 52.0. The van der Waals surface area contributed by atoms with E-state index in [1.165, 1.54) is 0 Å². The van der Waals surface area contributed by atoms with E-state index in [9.17, 15) is 13.2 Å². The molecule has 0 saturated carbocycles. The van der Waals surface area contributed by atoms with Crippen molar-refractivity contribution in [3.05, 3.63) is 17.7 Å². The fraction of sp³-hybridized carbons (Fsp3) is 0.500. The van der Waals surface area contributed by atoms with Crippen LogP contribution < -0.4 is 19.5 Å². The summed E-state index contributed by atoms with van der Waals surface area (Å²) in [6, 6.07) is 3.42. The van der Waals surface area contributed by atoms with Gasteiger partial charge in [0, 0.05) is 23.9 Å². The second kappa shape index (κ2) is 6.45. The lowest BCUT2D eigenvalue weighted by atomic mass is 10.1. The van der Waals surface area contributed by atoms with E-state index in [1.807, 2.05) is 0 Å². The van der Waals surface area contributed by atoms with Crippen LogP contribution in [0.15, 0.2) is 12.1 Å². The molecule has 2 rings (SSSR count). The van der Waals surface area contributed by atoms with Crippen LogP contribution in [-0.4, -0.2) is 31.7 Å². The van der Waals surface area contributed by atoms with Crippen LogP contribution in [0.2, 0.25) is 0 Å². The minimum Gasteiger partial charge on any atom is -0.492 e. The Morgan fingerprint density at radius 3 is 2.65 bits per heavy atom. The third kappa shape index (κ3) is 4.11. The topological polar surface area (TPSA) is 39.7 Å². The van der Waals surface area contributed by atoms with E-state index in [4.69, 9.17) is 14.2 Å². The van der Waals surface area contributed by atoms with Crippen molar-refractivity contribution >= 4 is 11.8 Å². The van der Waals surface area contributed by atoms with Gasteiger partial charge in [-0.3, -0.25) is 0 Å². The van der Waals surface area contributed by atoms with Crippen molar-refractivity contribution in [1.29, 1.82) is 0 Å². The average molecular weight is 309 g/mol. The fourth-order valence-corrected chi connectivity index (χ4v) is 2.14. The van der Waals surface area contributed by atoms with Crippen LogP contribution in [0.3, 0.4) is 0 Å². The van der Waals surface area contributed by atoms with Gasteiger partial charge >= 0.3 is 5.51 Å². The number of hydrogen-bond acceptors (Lipinski definition) is 5. The van der Waals surface area contributed by atoms with Gasteiger partial charge in [0.05, 0.1) is 6.61 Å². The Kier molecular flexibility index (Phi) is 4.87. The Morgan fingerprint density at radius 2 is 2.00 bits per heavy atom. The van der Waals surface area contributed by atoms with Crippen molar-refractivity contribution in [2.24, 2.45) is 0 Å². The van der Waals surface area contributed by atoms with E-state index < -0.39 is 5.51 Å². The van der Waals surface area contributed by atoms with Crippen LogP contribution in [0.4, 0.5) is 13.2 Å². The Labute approximate surface area is 118 Å². The first-order chi connectivity index (χ1) is 9.49. The molecule has 0 spiro atoms. The summed E-state index contributed by atoms with van der Waals surface area (Å²) in [6.45, 7) is 0.640. The summed E-state index contributed by atoms with van der Waals surface area (Å²) in [4.78, 5) is 0. The highest BCUT2D eigenvalue weighted by Crippen LogP contribution is 2.38. The summed E-state index contributed by atoms with van der Waals surface area (Å²) in [6.07, 6.45) is 0. The molecule has 0 bridgehead atoms. The van der Waals surface area contributed by atoms with Crippen molar-refractivity contribution in [1.82, 2.24) is 5.32 Å². The third-order valence-electron chi connectivity index (χ3n) is 2.53. The Bertz CT molecular complexity index is 468. The second-order valence-electron chi connectivity index (χ2n) is 3.99. The predicted molar refractivity (Wildman–Crippen MR) is 69.3 cm³/mol. The molecule has 0 fully saturated rings. The monoisotopic (exact) mass is 309 g/mol. The van der Waals surface area contributed by atoms with Gasteiger partial charge in [-0.25, -0.2) is 0 Å². The molecule has 0 unspecified atom stereocenters. The molecular formula is C12H14F3NO3S. The van der Waals surface area contributed by atoms with Gasteiger partial charge in [0.1, 0.15) is 5.75 Å². The van der Waals surface area contributed by atoms with E-state index >= 15 is 0 Å². The van der Waals surface area contributed by atoms with Gasteiger partial charge in [-0.15, -0.1) is 0 Å². The molecule has 1 heterocycles. The van der Waals surface area contributed by atoms with Crippen LogP contribution >= 0.6 is 11.8 Å². The highest BCUT2D eigenvalue weighted by atomic mass is 32.2. The smallest absolute Gasteiger partial charge is 0.441 e. The summed E-state index contributed by atoms with van der Waals surface area (Å²) in [7, 11) is 1.77. The van der Waals surface area contributed by atoms with Crippen molar-refractivity contribution in [2.45, 2.75) is 12.1 Å². The van der Waals surface area contributed by atoms with Gasteiger partial charge in [0.15, 0.2) is 11.5 Å². The maximum atomic E-state index is 12.0. The number of rotatable bonds is 6. The van der Waals surface area contributed by atoms with Crippen LogP contribution in [0.25, 0.3) is 0 Å². The lowest BCUT2D eigenvalue weighted by Crippen LogP contribution is -2.10. The first kappa shape index (κ1) is 15.1. The molecule has 0 radical (unpaired) electrons. The molecule has 1 aliphatic heterocycles. The number of ether oxygens (including phenoxy) is 3. The zero-order valence-electron chi connectivity index (χ0n) is 10.8. The van der Waals surface area contributed by atoms with Crippen molar-refractivity contribution in [3.63, 3.8) is 0 Å². The molecule has 112 valence electrons. The van der Waals surface area contributed by atoms with Gasteiger partial charge in [-0.1, -0.05) is 0 Å². The number of halogens is 3. The van der Waals surface area contributed by atoms with Crippen LogP contribution in [0.1, 0.15) is 5.56 Å². The van der Waals surface area contributed by atoms with Crippen LogP contribution in [0.5, 0.6) is 17.2 Å². The van der Waals surface area contributed by atoms with Gasteiger partial charge in [-0.05, 0) is 24.9 Å². The predicted octanol–water partition coefficient (Wildman–Crippen LogP) is 2.77. The molecule has 20 heavy (non-hydrogen) atoms. The normalized spacial score (nSPS) is 13.6. The zero-order valence-corrected chi connectivity index (χ0v) is 11.6. The molecule has 4 nitrogen and oxygen atoms in total. The maximum Gasteiger partial charge on any atom is 0.441 e. The van der Waals surface area contributed by atoms with Crippen LogP contribution in [-0.2, 0) is 6.54 Å². The summed E-state index contributed by atoms with van der Waals surface area (Å²) in [5.41, 5.74) is -3.42. The number of thioether (sulfide) groups is 1. The molecule has 1 N–H and O–H groups in total. The fourth-order valence-electron chi connectivity index (χ4n) is 1.74. The van der Waals surface area contributed by atoms with E-state index in [0.717, 1.165) is 5.56 Å². The standard InChI is InChI=1S/C12H14F3NO3S/c1-16-6-8-4-10-11(19-7-18-10)5-9(8)17-2-3-20-12(13,14)15/h4-5,16H,2-3,6-7H2,1H3. The van der Waals surface area contributed by atoms with Crippen molar-refractivity contribution in [3.8, 4) is 17.2 Å². The minimum atomic E-state index is -4.23. The molecule has 0 atom stereocenters. The van der Waals surface area contributed by atoms with Gasteiger partial charge in [0.25, 0.3) is 0 Å². The summed E-state index contributed by atoms with van der Waals surface area (Å²) in [5, 5.41) is 2.97.